The van der Waals surface area contributed by atoms with E-state index in [9.17, 15) is 19.8 Å². The Balaban J connectivity index is 2.13. The second-order valence-corrected chi connectivity index (χ2v) is 8.06. The summed E-state index contributed by atoms with van der Waals surface area (Å²) in [5.41, 5.74) is 1.54. The van der Waals surface area contributed by atoms with E-state index in [1.807, 2.05) is 25.1 Å². The molecule has 0 spiro atoms. The lowest BCUT2D eigenvalue weighted by Crippen LogP contribution is -2.53. The number of carbonyl (C=O) groups is 2. The second-order valence-electron chi connectivity index (χ2n) is 8.06. The molecule has 0 amide bonds. The number of fused-ring (bicyclic) bond motifs is 3. The maximum absolute atomic E-state index is 12.8. The van der Waals surface area contributed by atoms with Crippen LogP contribution in [0.3, 0.4) is 0 Å². The highest BCUT2D eigenvalue weighted by molar-refractivity contribution is 6.00. The number of Topliss-reactive ketones (excluding diaryl/α,β-unsaturated/α-hetero) is 1. The summed E-state index contributed by atoms with van der Waals surface area (Å²) < 4.78 is 0. The summed E-state index contributed by atoms with van der Waals surface area (Å²) in [6.07, 6.45) is 2.70. The van der Waals surface area contributed by atoms with Gasteiger partial charge in [0.1, 0.15) is 0 Å². The molecule has 0 radical (unpaired) electrons. The predicted molar refractivity (Wildman–Crippen MR) is 91.3 cm³/mol. The highest BCUT2D eigenvalue weighted by atomic mass is 16.4. The van der Waals surface area contributed by atoms with Gasteiger partial charge < -0.3 is 10.2 Å². The summed E-state index contributed by atoms with van der Waals surface area (Å²) in [4.78, 5) is 24.7. The molecular weight excluding hydrogens is 304 g/mol. The zero-order valence-corrected chi connectivity index (χ0v) is 14.6. The van der Waals surface area contributed by atoms with Crippen LogP contribution in [0.25, 0.3) is 0 Å². The first-order valence-corrected chi connectivity index (χ1v) is 8.76. The van der Waals surface area contributed by atoms with E-state index < -0.39 is 11.4 Å². The van der Waals surface area contributed by atoms with Gasteiger partial charge >= 0.3 is 5.97 Å². The third-order valence-electron chi connectivity index (χ3n) is 6.61. The number of aliphatic hydroxyl groups is 1. The van der Waals surface area contributed by atoms with Crippen LogP contribution in [0.5, 0.6) is 0 Å². The molecule has 1 saturated carbocycles. The van der Waals surface area contributed by atoms with Crippen LogP contribution in [0.2, 0.25) is 0 Å². The molecule has 2 aliphatic rings. The summed E-state index contributed by atoms with van der Waals surface area (Å²) in [7, 11) is 0. The predicted octanol–water partition coefficient (Wildman–Crippen LogP) is 3.52. The molecule has 1 aromatic carbocycles. The molecule has 0 heterocycles. The molecule has 0 bridgehead atoms. The number of carboxylic acids is 1. The van der Waals surface area contributed by atoms with Crippen molar-refractivity contribution in [3.05, 3.63) is 34.9 Å². The van der Waals surface area contributed by atoms with Gasteiger partial charge in [-0.25, -0.2) is 0 Å². The number of hydrogen-bond acceptors (Lipinski definition) is 3. The minimum atomic E-state index is -0.850. The molecule has 0 saturated heterocycles. The van der Waals surface area contributed by atoms with E-state index in [1.165, 1.54) is 0 Å². The first kappa shape index (κ1) is 17.2. The number of ketones is 1. The van der Waals surface area contributed by atoms with Crippen LogP contribution in [0.4, 0.5) is 0 Å². The fraction of sp³-hybridized carbons (Fsp3) is 0.600. The maximum Gasteiger partial charge on any atom is 0.309 e. The van der Waals surface area contributed by atoms with E-state index in [1.54, 1.807) is 6.92 Å². The molecule has 1 unspecified atom stereocenters. The highest BCUT2D eigenvalue weighted by Crippen LogP contribution is 2.57. The highest BCUT2D eigenvalue weighted by Gasteiger charge is 2.56. The first-order valence-electron chi connectivity index (χ1n) is 8.76. The van der Waals surface area contributed by atoms with Crippen molar-refractivity contribution in [1.29, 1.82) is 0 Å². The Kier molecular flexibility index (Phi) is 4.07. The third-order valence-corrected chi connectivity index (χ3v) is 6.61. The van der Waals surface area contributed by atoms with Crippen LogP contribution < -0.4 is 0 Å². The molecule has 2 N–H and O–H groups in total. The Labute approximate surface area is 142 Å². The van der Waals surface area contributed by atoms with Gasteiger partial charge in [0.25, 0.3) is 0 Å². The van der Waals surface area contributed by atoms with Gasteiger partial charge in [-0.05, 0) is 48.3 Å². The smallest absolute Gasteiger partial charge is 0.309 e. The quantitative estimate of drug-likeness (QED) is 0.889. The lowest BCUT2D eigenvalue weighted by atomic mass is 9.49. The molecule has 4 nitrogen and oxygen atoms in total. The second kappa shape index (κ2) is 5.69. The van der Waals surface area contributed by atoms with Crippen molar-refractivity contribution in [3.8, 4) is 0 Å². The van der Waals surface area contributed by atoms with Crippen LogP contribution in [0, 0.1) is 11.3 Å². The summed E-state index contributed by atoms with van der Waals surface area (Å²) in [6.45, 7) is 5.90. The van der Waals surface area contributed by atoms with Crippen LogP contribution in [0.15, 0.2) is 18.2 Å². The summed E-state index contributed by atoms with van der Waals surface area (Å²) in [5, 5.41) is 19.2. The topological polar surface area (TPSA) is 74.6 Å². The van der Waals surface area contributed by atoms with Gasteiger partial charge in [0.2, 0.25) is 0 Å². The van der Waals surface area contributed by atoms with Crippen LogP contribution in [0.1, 0.15) is 73.9 Å². The molecule has 3 rings (SSSR count). The minimum absolute atomic E-state index is 0.00993. The van der Waals surface area contributed by atoms with Crippen molar-refractivity contribution >= 4 is 11.8 Å². The number of aliphatic carboxylic acids is 1. The van der Waals surface area contributed by atoms with Gasteiger partial charge in [-0.15, -0.1) is 0 Å². The maximum atomic E-state index is 12.8. The van der Waals surface area contributed by atoms with E-state index in [0.717, 1.165) is 29.5 Å². The Morgan fingerprint density at radius 3 is 2.67 bits per heavy atom. The van der Waals surface area contributed by atoms with Crippen molar-refractivity contribution in [1.82, 2.24) is 0 Å². The van der Waals surface area contributed by atoms with E-state index >= 15 is 0 Å². The van der Waals surface area contributed by atoms with Gasteiger partial charge in [0.05, 0.1) is 5.41 Å². The molecule has 130 valence electrons. The molecule has 24 heavy (non-hydrogen) atoms. The number of carboxylic acid groups (broad SMARTS) is 1. The fourth-order valence-electron chi connectivity index (χ4n) is 4.90. The summed E-state index contributed by atoms with van der Waals surface area (Å²) >= 11 is 0. The van der Waals surface area contributed by atoms with Crippen LogP contribution >= 0.6 is 0 Å². The Morgan fingerprint density at radius 1 is 1.33 bits per heavy atom. The number of hydrogen-bond donors (Lipinski definition) is 2. The summed E-state index contributed by atoms with van der Waals surface area (Å²) in [6, 6.07) is 5.88. The zero-order valence-electron chi connectivity index (χ0n) is 14.6. The van der Waals surface area contributed by atoms with Crippen molar-refractivity contribution in [2.45, 2.75) is 57.8 Å². The SMILES string of the molecule is CC(CO)c1ccc2c(c1)C(=O)C[C@H]1[C@](C)(C(=O)O)CCC[C@]21C. The Morgan fingerprint density at radius 2 is 2.04 bits per heavy atom. The molecule has 4 atom stereocenters. The van der Waals surface area contributed by atoms with Gasteiger partial charge in [0, 0.05) is 24.5 Å². The van der Waals surface area contributed by atoms with Crippen molar-refractivity contribution in [2.24, 2.45) is 11.3 Å². The number of aliphatic hydroxyl groups excluding tert-OH is 1. The van der Waals surface area contributed by atoms with Gasteiger partial charge in [-0.1, -0.05) is 32.4 Å². The number of carbonyl (C=O) groups excluding carboxylic acids is 1. The van der Waals surface area contributed by atoms with Crippen LogP contribution in [-0.4, -0.2) is 28.6 Å². The monoisotopic (exact) mass is 330 g/mol. The van der Waals surface area contributed by atoms with Crippen LogP contribution in [-0.2, 0) is 10.2 Å². The average molecular weight is 330 g/mol. The molecule has 0 aromatic heterocycles. The molecule has 2 aliphatic carbocycles. The van der Waals surface area contributed by atoms with E-state index in [4.69, 9.17) is 0 Å². The average Bonchev–Trinajstić information content (AvgIpc) is 2.56. The molecule has 0 aliphatic heterocycles. The molecular formula is C20H26O4. The van der Waals surface area contributed by atoms with Crippen molar-refractivity contribution in [3.63, 3.8) is 0 Å². The van der Waals surface area contributed by atoms with Crippen molar-refractivity contribution in [2.75, 3.05) is 6.61 Å². The van der Waals surface area contributed by atoms with E-state index in [0.29, 0.717) is 12.8 Å². The van der Waals surface area contributed by atoms with E-state index in [-0.39, 0.29) is 29.6 Å². The molecule has 4 heteroatoms. The third kappa shape index (κ3) is 2.31. The fourth-order valence-corrected chi connectivity index (χ4v) is 4.90. The Hall–Kier alpha value is -1.68. The Bertz CT molecular complexity index is 695. The summed E-state index contributed by atoms with van der Waals surface area (Å²) in [5.74, 6) is -0.935. The zero-order chi connectivity index (χ0) is 17.7. The number of benzene rings is 1. The first-order chi connectivity index (χ1) is 11.2. The largest absolute Gasteiger partial charge is 0.481 e. The lowest BCUT2D eigenvalue weighted by Gasteiger charge is -2.53. The van der Waals surface area contributed by atoms with Gasteiger partial charge in [0.15, 0.2) is 5.78 Å². The van der Waals surface area contributed by atoms with Gasteiger partial charge in [-0.3, -0.25) is 9.59 Å². The minimum Gasteiger partial charge on any atom is -0.481 e. The van der Waals surface area contributed by atoms with Crippen molar-refractivity contribution < 1.29 is 19.8 Å². The molecule has 1 fully saturated rings. The standard InChI is InChI=1S/C20H26O4/c1-12(11-21)13-5-6-15-14(9-13)16(22)10-17-19(15,2)7-4-8-20(17,3)18(23)24/h5-6,9,12,17,21H,4,7-8,10-11H2,1-3H3,(H,23,24)/t12?,17-,19-,20-/m1/s1. The number of rotatable bonds is 3. The van der Waals surface area contributed by atoms with E-state index in [2.05, 4.69) is 6.92 Å². The normalized spacial score (nSPS) is 33.5. The molecule has 1 aromatic rings. The van der Waals surface area contributed by atoms with Gasteiger partial charge in [-0.2, -0.15) is 0 Å². The lowest BCUT2D eigenvalue weighted by molar-refractivity contribution is -0.156.